The molecule has 0 aliphatic carbocycles. The van der Waals surface area contributed by atoms with E-state index < -0.39 is 5.97 Å². The fourth-order valence-corrected chi connectivity index (χ4v) is 2.53. The Morgan fingerprint density at radius 3 is 2.54 bits per heavy atom. The second-order valence-electron chi connectivity index (χ2n) is 5.24. The highest BCUT2D eigenvalue weighted by Crippen LogP contribution is 2.26. The van der Waals surface area contributed by atoms with Gasteiger partial charge in [-0.2, -0.15) is 4.98 Å². The average Bonchev–Trinajstić information content (AvgIpc) is 2.97. The van der Waals surface area contributed by atoms with E-state index >= 15 is 0 Å². The lowest BCUT2D eigenvalue weighted by molar-refractivity contribution is 0.0592. The van der Waals surface area contributed by atoms with Gasteiger partial charge in [0.05, 0.1) is 25.1 Å². The van der Waals surface area contributed by atoms with Gasteiger partial charge in [-0.05, 0) is 38.3 Å². The van der Waals surface area contributed by atoms with E-state index in [0.29, 0.717) is 31.3 Å². The molecule has 1 aromatic heterocycles. The second kappa shape index (κ2) is 9.08. The van der Waals surface area contributed by atoms with Crippen molar-refractivity contribution in [1.82, 2.24) is 9.55 Å². The van der Waals surface area contributed by atoms with Gasteiger partial charge in [0.25, 0.3) is 0 Å². The lowest BCUT2D eigenvalue weighted by Crippen LogP contribution is -2.09. The van der Waals surface area contributed by atoms with Crippen LogP contribution in [0.5, 0.6) is 6.01 Å². The van der Waals surface area contributed by atoms with Gasteiger partial charge in [0.1, 0.15) is 0 Å². The molecule has 0 spiro atoms. The molecule has 0 aliphatic rings. The Kier molecular flexibility index (Phi) is 6.81. The topological polar surface area (TPSA) is 62.6 Å². The monoisotopic (exact) mass is 332 g/mol. The number of nitrogens with zero attached hydrogens (tertiary/aromatic N) is 2. The number of para-hydroxylation sites is 1. The molecular formula is C18H24N2O4. The van der Waals surface area contributed by atoms with Gasteiger partial charge in [0, 0.05) is 13.7 Å². The maximum Gasteiger partial charge on any atom is 0.358 e. The Labute approximate surface area is 142 Å². The molecule has 0 bridgehead atoms. The number of carbonyl (C=O) groups is 1. The van der Waals surface area contributed by atoms with Crippen molar-refractivity contribution in [2.75, 3.05) is 27.4 Å². The third-order valence-corrected chi connectivity index (χ3v) is 3.62. The molecule has 24 heavy (non-hydrogen) atoms. The molecular weight excluding hydrogens is 308 g/mol. The minimum Gasteiger partial charge on any atom is -0.465 e. The number of carbonyl (C=O) groups excluding carboxylic acids is 1. The number of esters is 1. The number of methoxy groups -OCH3 is 2. The first kappa shape index (κ1) is 18.0. The van der Waals surface area contributed by atoms with E-state index in [1.54, 1.807) is 7.11 Å². The van der Waals surface area contributed by atoms with Crippen LogP contribution in [0.3, 0.4) is 0 Å². The number of hydrogen-bond acceptors (Lipinski definition) is 5. The molecule has 0 amide bonds. The Morgan fingerprint density at radius 2 is 1.92 bits per heavy atom. The van der Waals surface area contributed by atoms with Crippen LogP contribution in [0, 0.1) is 0 Å². The molecule has 1 aromatic carbocycles. The Bertz CT molecular complexity index is 653. The number of unbranched alkanes of at least 4 members (excludes halogenated alkanes) is 1. The molecule has 0 saturated heterocycles. The van der Waals surface area contributed by atoms with Crippen LogP contribution in [0.4, 0.5) is 0 Å². The highest BCUT2D eigenvalue weighted by atomic mass is 16.5. The summed E-state index contributed by atoms with van der Waals surface area (Å²) in [7, 11) is 3.04. The van der Waals surface area contributed by atoms with Gasteiger partial charge in [-0.25, -0.2) is 4.79 Å². The Morgan fingerprint density at radius 1 is 1.17 bits per heavy atom. The second-order valence-corrected chi connectivity index (χ2v) is 5.24. The number of rotatable bonds is 9. The largest absolute Gasteiger partial charge is 0.465 e. The summed E-state index contributed by atoms with van der Waals surface area (Å²) in [5.74, 6) is -0.452. The number of aromatic nitrogens is 2. The van der Waals surface area contributed by atoms with Gasteiger partial charge >= 0.3 is 12.0 Å². The predicted molar refractivity (Wildman–Crippen MR) is 90.9 cm³/mol. The Hall–Kier alpha value is -2.34. The predicted octanol–water partition coefficient (Wildman–Crippen LogP) is 3.03. The van der Waals surface area contributed by atoms with Gasteiger partial charge in [-0.1, -0.05) is 18.2 Å². The van der Waals surface area contributed by atoms with Crippen LogP contribution in [0.2, 0.25) is 0 Å². The van der Waals surface area contributed by atoms with Crippen molar-refractivity contribution in [2.24, 2.45) is 0 Å². The van der Waals surface area contributed by atoms with Crippen molar-refractivity contribution in [3.05, 3.63) is 41.7 Å². The standard InChI is InChI=1S/C18H24N2O4/c1-4-24-18-19-16(17(21)23-3)15(12-8-9-13-22-2)20(18)14-10-6-5-7-11-14/h5-7,10-11H,4,8-9,12-13H2,1-3H3. The van der Waals surface area contributed by atoms with E-state index in [2.05, 4.69) is 4.98 Å². The number of ether oxygens (including phenoxy) is 3. The van der Waals surface area contributed by atoms with Gasteiger partial charge in [-0.3, -0.25) is 4.57 Å². The minimum absolute atomic E-state index is 0.308. The summed E-state index contributed by atoms with van der Waals surface area (Å²) < 4.78 is 17.5. The van der Waals surface area contributed by atoms with Crippen LogP contribution in [0.25, 0.3) is 5.69 Å². The summed E-state index contributed by atoms with van der Waals surface area (Å²) in [5, 5.41) is 0. The molecule has 0 N–H and O–H groups in total. The fraction of sp³-hybridized carbons (Fsp3) is 0.444. The van der Waals surface area contributed by atoms with Crippen molar-refractivity contribution in [2.45, 2.75) is 26.2 Å². The number of imidazole rings is 1. The summed E-state index contributed by atoms with van der Waals surface area (Å²) in [6, 6.07) is 10.2. The molecule has 1 heterocycles. The summed E-state index contributed by atoms with van der Waals surface area (Å²) >= 11 is 0. The van der Waals surface area contributed by atoms with Gasteiger partial charge < -0.3 is 14.2 Å². The van der Waals surface area contributed by atoms with Crippen LogP contribution >= 0.6 is 0 Å². The first-order valence-corrected chi connectivity index (χ1v) is 8.10. The third kappa shape index (κ3) is 4.14. The molecule has 0 saturated carbocycles. The van der Waals surface area contributed by atoms with Crippen molar-refractivity contribution in [1.29, 1.82) is 0 Å². The van der Waals surface area contributed by atoms with Crippen molar-refractivity contribution in [3.63, 3.8) is 0 Å². The van der Waals surface area contributed by atoms with Crippen molar-refractivity contribution >= 4 is 5.97 Å². The smallest absolute Gasteiger partial charge is 0.358 e. The van der Waals surface area contributed by atoms with E-state index in [0.717, 1.165) is 24.2 Å². The number of hydrogen-bond donors (Lipinski definition) is 0. The molecule has 0 fully saturated rings. The van der Waals surface area contributed by atoms with Crippen molar-refractivity contribution in [3.8, 4) is 11.7 Å². The summed E-state index contributed by atoms with van der Waals surface area (Å²) in [5.41, 5.74) is 2.01. The number of benzene rings is 1. The average molecular weight is 332 g/mol. The lowest BCUT2D eigenvalue weighted by atomic mass is 10.1. The highest BCUT2D eigenvalue weighted by molar-refractivity contribution is 5.89. The van der Waals surface area contributed by atoms with Crippen LogP contribution in [0.15, 0.2) is 30.3 Å². The van der Waals surface area contributed by atoms with E-state index in [9.17, 15) is 4.79 Å². The van der Waals surface area contributed by atoms with Crippen LogP contribution in [-0.2, 0) is 15.9 Å². The van der Waals surface area contributed by atoms with Crippen LogP contribution in [0.1, 0.15) is 35.9 Å². The SMILES string of the molecule is CCOc1nc(C(=O)OC)c(CCCCOC)n1-c1ccccc1. The quantitative estimate of drug-likeness (QED) is 0.522. The van der Waals surface area contributed by atoms with E-state index in [4.69, 9.17) is 14.2 Å². The zero-order valence-corrected chi connectivity index (χ0v) is 14.4. The molecule has 6 heteroatoms. The van der Waals surface area contributed by atoms with Crippen LogP contribution in [-0.4, -0.2) is 43.0 Å². The Balaban J connectivity index is 2.46. The van der Waals surface area contributed by atoms with E-state index in [-0.39, 0.29) is 0 Å². The van der Waals surface area contributed by atoms with Crippen molar-refractivity contribution < 1.29 is 19.0 Å². The first-order chi connectivity index (χ1) is 11.7. The zero-order valence-electron chi connectivity index (χ0n) is 14.4. The van der Waals surface area contributed by atoms with Crippen LogP contribution < -0.4 is 4.74 Å². The van der Waals surface area contributed by atoms with E-state index in [1.165, 1.54) is 7.11 Å². The fourth-order valence-electron chi connectivity index (χ4n) is 2.53. The molecule has 0 aliphatic heterocycles. The minimum atomic E-state index is -0.452. The molecule has 6 nitrogen and oxygen atoms in total. The lowest BCUT2D eigenvalue weighted by Gasteiger charge is -2.12. The zero-order chi connectivity index (χ0) is 17.4. The molecule has 0 radical (unpaired) electrons. The third-order valence-electron chi connectivity index (χ3n) is 3.62. The maximum atomic E-state index is 12.1. The normalized spacial score (nSPS) is 10.6. The molecule has 2 rings (SSSR count). The van der Waals surface area contributed by atoms with Gasteiger partial charge in [-0.15, -0.1) is 0 Å². The van der Waals surface area contributed by atoms with Gasteiger partial charge in [0.2, 0.25) is 0 Å². The maximum absolute atomic E-state index is 12.1. The van der Waals surface area contributed by atoms with Gasteiger partial charge in [0.15, 0.2) is 5.69 Å². The molecule has 130 valence electrons. The first-order valence-electron chi connectivity index (χ1n) is 8.10. The highest BCUT2D eigenvalue weighted by Gasteiger charge is 2.24. The summed E-state index contributed by atoms with van der Waals surface area (Å²) in [6.07, 6.45) is 2.46. The molecule has 0 unspecified atom stereocenters. The molecule has 0 atom stereocenters. The summed E-state index contributed by atoms with van der Waals surface area (Å²) in [6.45, 7) is 3.04. The van der Waals surface area contributed by atoms with E-state index in [1.807, 2.05) is 41.8 Å². The summed E-state index contributed by atoms with van der Waals surface area (Å²) in [4.78, 5) is 16.5. The molecule has 2 aromatic rings.